The molecule has 2 atom stereocenters. The van der Waals surface area contributed by atoms with Crippen molar-refractivity contribution in [3.05, 3.63) is 0 Å². The van der Waals surface area contributed by atoms with Gasteiger partial charge in [0.25, 0.3) is 0 Å². The fraction of sp³-hybridized carbons (Fsp3) is 0.857. The molecule has 1 spiro atoms. The number of carbonyl (C=O) groups is 2. The first-order chi connectivity index (χ1) is 8.44. The van der Waals surface area contributed by atoms with E-state index in [-0.39, 0.29) is 23.2 Å². The van der Waals surface area contributed by atoms with Crippen molar-refractivity contribution in [2.24, 2.45) is 17.3 Å². The van der Waals surface area contributed by atoms with E-state index in [2.05, 4.69) is 5.32 Å². The number of aliphatic carboxylic acids is 1. The molecule has 2 aliphatic carbocycles. The van der Waals surface area contributed by atoms with Gasteiger partial charge in [-0.2, -0.15) is 0 Å². The van der Waals surface area contributed by atoms with E-state index < -0.39 is 12.0 Å². The third kappa shape index (κ3) is 2.68. The van der Waals surface area contributed by atoms with Gasteiger partial charge in [0.2, 0.25) is 5.91 Å². The predicted octanol–water partition coefficient (Wildman–Crippen LogP) is 2.18. The number of carboxylic acid groups (broad SMARTS) is 1. The maximum atomic E-state index is 12.1. The molecule has 4 heteroatoms. The summed E-state index contributed by atoms with van der Waals surface area (Å²) in [6, 6.07) is -0.725. The Hall–Kier alpha value is -1.06. The van der Waals surface area contributed by atoms with E-state index in [1.807, 2.05) is 13.8 Å². The molecule has 0 aromatic rings. The minimum Gasteiger partial charge on any atom is -0.480 e. The number of carbonyl (C=O) groups excluding carboxylic acids is 1. The average molecular weight is 253 g/mol. The van der Waals surface area contributed by atoms with Crippen molar-refractivity contribution in [2.75, 3.05) is 0 Å². The third-order valence-electron chi connectivity index (χ3n) is 4.43. The van der Waals surface area contributed by atoms with Crippen molar-refractivity contribution >= 4 is 11.9 Å². The number of rotatable bonds is 5. The molecule has 18 heavy (non-hydrogen) atoms. The van der Waals surface area contributed by atoms with Gasteiger partial charge in [0.05, 0.1) is 0 Å². The molecule has 0 aromatic carbocycles. The van der Waals surface area contributed by atoms with Gasteiger partial charge in [-0.1, -0.05) is 26.7 Å². The molecular weight excluding hydrogens is 230 g/mol. The second kappa shape index (κ2) is 4.90. The van der Waals surface area contributed by atoms with Crippen LogP contribution in [0.1, 0.15) is 52.4 Å². The molecule has 0 saturated heterocycles. The highest BCUT2D eigenvalue weighted by atomic mass is 16.4. The minimum absolute atomic E-state index is 0.0371. The maximum Gasteiger partial charge on any atom is 0.326 e. The summed E-state index contributed by atoms with van der Waals surface area (Å²) in [4.78, 5) is 23.2. The second-order valence-electron chi connectivity index (χ2n) is 6.36. The molecule has 2 unspecified atom stereocenters. The normalized spacial score (nSPS) is 26.3. The Morgan fingerprint density at radius 1 is 1.33 bits per heavy atom. The van der Waals surface area contributed by atoms with E-state index in [9.17, 15) is 9.59 Å². The number of carboxylic acids is 1. The lowest BCUT2D eigenvalue weighted by Crippen LogP contribution is -2.43. The first kappa shape index (κ1) is 13.4. The number of nitrogens with one attached hydrogen (secondary N) is 1. The van der Waals surface area contributed by atoms with Crippen LogP contribution in [0, 0.1) is 17.3 Å². The molecule has 102 valence electrons. The fourth-order valence-electron chi connectivity index (χ4n) is 3.32. The summed E-state index contributed by atoms with van der Waals surface area (Å²) < 4.78 is 0. The second-order valence-corrected chi connectivity index (χ2v) is 6.36. The van der Waals surface area contributed by atoms with E-state index >= 15 is 0 Å². The molecule has 2 aliphatic rings. The quantitative estimate of drug-likeness (QED) is 0.789. The zero-order valence-corrected chi connectivity index (χ0v) is 11.2. The largest absolute Gasteiger partial charge is 0.480 e. The van der Waals surface area contributed by atoms with Crippen molar-refractivity contribution in [3.8, 4) is 0 Å². The molecule has 2 fully saturated rings. The van der Waals surface area contributed by atoms with Crippen molar-refractivity contribution in [1.82, 2.24) is 5.32 Å². The lowest BCUT2D eigenvalue weighted by atomic mass is 10.0. The van der Waals surface area contributed by atoms with Crippen molar-refractivity contribution in [2.45, 2.75) is 58.4 Å². The van der Waals surface area contributed by atoms with Crippen LogP contribution in [0.3, 0.4) is 0 Å². The van der Waals surface area contributed by atoms with Crippen molar-refractivity contribution < 1.29 is 14.7 Å². The van der Waals surface area contributed by atoms with Gasteiger partial charge in [0.1, 0.15) is 6.04 Å². The molecule has 0 heterocycles. The zero-order valence-electron chi connectivity index (χ0n) is 11.2. The van der Waals surface area contributed by atoms with Crippen LogP contribution >= 0.6 is 0 Å². The van der Waals surface area contributed by atoms with Crippen LogP contribution in [-0.2, 0) is 9.59 Å². The molecule has 0 aromatic heterocycles. The standard InChI is InChI=1S/C14H23NO3/c1-9(2)7-11(13(17)18)15-12(16)10-8-14(10)5-3-4-6-14/h9-11H,3-8H2,1-2H3,(H,15,16)(H,17,18). The first-order valence-electron chi connectivity index (χ1n) is 6.98. The Bertz CT molecular complexity index is 345. The molecule has 4 nitrogen and oxygen atoms in total. The number of hydrogen-bond donors (Lipinski definition) is 2. The zero-order chi connectivity index (χ0) is 13.3. The van der Waals surface area contributed by atoms with Gasteiger partial charge < -0.3 is 10.4 Å². The van der Waals surface area contributed by atoms with E-state index in [1.165, 1.54) is 12.8 Å². The minimum atomic E-state index is -0.918. The Balaban J connectivity index is 1.88. The van der Waals surface area contributed by atoms with Crippen LogP contribution in [0.5, 0.6) is 0 Å². The van der Waals surface area contributed by atoms with Gasteiger partial charge in [0.15, 0.2) is 0 Å². The number of amides is 1. The lowest BCUT2D eigenvalue weighted by molar-refractivity contribution is -0.142. The monoisotopic (exact) mass is 253 g/mol. The highest BCUT2D eigenvalue weighted by Crippen LogP contribution is 2.62. The summed E-state index contributed by atoms with van der Waals surface area (Å²) in [5.41, 5.74) is 0.241. The Morgan fingerprint density at radius 3 is 2.44 bits per heavy atom. The van der Waals surface area contributed by atoms with Gasteiger partial charge in [-0.15, -0.1) is 0 Å². The van der Waals surface area contributed by atoms with Crippen LogP contribution in [0.2, 0.25) is 0 Å². The fourth-order valence-corrected chi connectivity index (χ4v) is 3.32. The molecule has 1 amide bonds. The predicted molar refractivity (Wildman–Crippen MR) is 68.0 cm³/mol. The van der Waals surface area contributed by atoms with Crippen LogP contribution in [-0.4, -0.2) is 23.0 Å². The van der Waals surface area contributed by atoms with E-state index in [0.717, 1.165) is 19.3 Å². The summed E-state index contributed by atoms with van der Waals surface area (Å²) in [6.07, 6.45) is 6.20. The van der Waals surface area contributed by atoms with Gasteiger partial charge in [0, 0.05) is 5.92 Å². The van der Waals surface area contributed by atoms with Gasteiger partial charge in [-0.3, -0.25) is 4.79 Å². The highest BCUT2D eigenvalue weighted by Gasteiger charge is 2.58. The molecule has 0 bridgehead atoms. The summed E-state index contributed by atoms with van der Waals surface area (Å²) in [5, 5.41) is 11.8. The smallest absolute Gasteiger partial charge is 0.326 e. The van der Waals surface area contributed by atoms with Gasteiger partial charge in [-0.05, 0) is 37.0 Å². The molecule has 0 radical (unpaired) electrons. The number of hydrogen-bond acceptors (Lipinski definition) is 2. The molecular formula is C14H23NO3. The van der Waals surface area contributed by atoms with E-state index in [0.29, 0.717) is 6.42 Å². The summed E-state index contributed by atoms with van der Waals surface area (Å²) >= 11 is 0. The maximum absolute atomic E-state index is 12.1. The van der Waals surface area contributed by atoms with Crippen LogP contribution < -0.4 is 5.32 Å². The molecule has 0 aliphatic heterocycles. The Labute approximate surface area is 108 Å². The van der Waals surface area contributed by atoms with Gasteiger partial charge >= 0.3 is 5.97 Å². The van der Waals surface area contributed by atoms with Crippen LogP contribution in [0.25, 0.3) is 0 Å². The van der Waals surface area contributed by atoms with Gasteiger partial charge in [-0.25, -0.2) is 4.79 Å². The molecule has 2 saturated carbocycles. The topological polar surface area (TPSA) is 66.4 Å². The highest BCUT2D eigenvalue weighted by molar-refractivity contribution is 5.87. The summed E-state index contributed by atoms with van der Waals surface area (Å²) in [5.74, 6) is -0.608. The summed E-state index contributed by atoms with van der Waals surface area (Å²) in [7, 11) is 0. The van der Waals surface area contributed by atoms with Crippen LogP contribution in [0.4, 0.5) is 0 Å². The summed E-state index contributed by atoms with van der Waals surface area (Å²) in [6.45, 7) is 3.94. The lowest BCUT2D eigenvalue weighted by Gasteiger charge is -2.17. The molecule has 2 N–H and O–H groups in total. The third-order valence-corrected chi connectivity index (χ3v) is 4.43. The first-order valence-corrected chi connectivity index (χ1v) is 6.98. The van der Waals surface area contributed by atoms with E-state index in [4.69, 9.17) is 5.11 Å². The SMILES string of the molecule is CC(C)CC(NC(=O)C1CC12CCCC2)C(=O)O. The van der Waals surface area contributed by atoms with Crippen LogP contribution in [0.15, 0.2) is 0 Å². The van der Waals surface area contributed by atoms with E-state index in [1.54, 1.807) is 0 Å². The van der Waals surface area contributed by atoms with Crippen molar-refractivity contribution in [3.63, 3.8) is 0 Å². The Morgan fingerprint density at radius 2 is 1.94 bits per heavy atom. The average Bonchev–Trinajstić information content (AvgIpc) is 2.75. The van der Waals surface area contributed by atoms with Crippen molar-refractivity contribution in [1.29, 1.82) is 0 Å². The molecule has 2 rings (SSSR count). The Kier molecular flexibility index (Phi) is 3.64.